The smallest absolute Gasteiger partial charge is 0.387 e. The van der Waals surface area contributed by atoms with E-state index in [0.29, 0.717) is 23.4 Å². The molecular formula is C26H29F2N7O3. The number of anilines is 2. The Labute approximate surface area is 218 Å². The zero-order chi connectivity index (χ0) is 26.6. The van der Waals surface area contributed by atoms with Crippen LogP contribution in [0.3, 0.4) is 0 Å². The van der Waals surface area contributed by atoms with Crippen LogP contribution in [-0.2, 0) is 18.3 Å². The fourth-order valence-corrected chi connectivity index (χ4v) is 5.27. The maximum Gasteiger partial charge on any atom is 0.387 e. The second kappa shape index (κ2) is 9.12. The van der Waals surface area contributed by atoms with Crippen LogP contribution in [0.15, 0.2) is 30.3 Å². The molecular weight excluding hydrogens is 496 g/mol. The minimum absolute atomic E-state index is 0.0468. The van der Waals surface area contributed by atoms with E-state index in [4.69, 9.17) is 24.3 Å². The molecule has 2 aliphatic heterocycles. The van der Waals surface area contributed by atoms with Crippen molar-refractivity contribution >= 4 is 17.3 Å². The van der Waals surface area contributed by atoms with E-state index < -0.39 is 6.61 Å². The summed E-state index contributed by atoms with van der Waals surface area (Å²) in [5, 5.41) is 12.7. The van der Waals surface area contributed by atoms with Crippen molar-refractivity contribution in [2.75, 3.05) is 43.6 Å². The van der Waals surface area contributed by atoms with Gasteiger partial charge in [0.1, 0.15) is 11.6 Å². The molecule has 2 aliphatic rings. The molecule has 1 spiro atoms. The third kappa shape index (κ3) is 4.18. The summed E-state index contributed by atoms with van der Waals surface area (Å²) in [4.78, 5) is 7.23. The molecule has 2 saturated heterocycles. The lowest BCUT2D eigenvalue weighted by atomic mass is 9.78. The number of nitrogens with one attached hydrogen (secondary N) is 1. The first-order valence-electron chi connectivity index (χ1n) is 12.3. The average Bonchev–Trinajstić information content (AvgIpc) is 3.32. The molecule has 2 fully saturated rings. The molecule has 0 bridgehead atoms. The van der Waals surface area contributed by atoms with Crippen molar-refractivity contribution in [1.82, 2.24) is 24.4 Å². The lowest BCUT2D eigenvalue weighted by Crippen LogP contribution is -2.66. The quantitative estimate of drug-likeness (QED) is 0.372. The van der Waals surface area contributed by atoms with Crippen molar-refractivity contribution in [2.45, 2.75) is 27.0 Å². The second-order valence-electron chi connectivity index (χ2n) is 10.0. The number of ether oxygens (including phenoxy) is 3. The Bertz CT molecular complexity index is 1500. The van der Waals surface area contributed by atoms with Gasteiger partial charge in [-0.05, 0) is 37.6 Å². The summed E-state index contributed by atoms with van der Waals surface area (Å²) in [6.07, 6.45) is 0. The van der Waals surface area contributed by atoms with Gasteiger partial charge in [0, 0.05) is 31.8 Å². The molecule has 200 valence electrons. The summed E-state index contributed by atoms with van der Waals surface area (Å²) < 4.78 is 45.2. The molecule has 3 aromatic heterocycles. The largest absolute Gasteiger partial charge is 0.493 e. The van der Waals surface area contributed by atoms with E-state index >= 15 is 0 Å². The highest BCUT2D eigenvalue weighted by molar-refractivity contribution is 5.83. The lowest BCUT2D eigenvalue weighted by molar-refractivity contribution is -0.127. The molecule has 0 amide bonds. The summed E-state index contributed by atoms with van der Waals surface area (Å²) in [6.45, 7) is 4.67. The van der Waals surface area contributed by atoms with E-state index in [1.165, 1.54) is 7.11 Å². The first kappa shape index (κ1) is 24.4. The van der Waals surface area contributed by atoms with Gasteiger partial charge < -0.3 is 24.4 Å². The molecule has 10 nitrogen and oxygen atoms in total. The number of methoxy groups -OCH3 is 1. The number of halogens is 2. The number of hydrogen-bond acceptors (Lipinski definition) is 8. The standard InChI is InChI=1S/C26H29F2N7O3/c1-15-7-18(33(3)31-15)10-29-21-9-22(34-11-26(12-34)13-37-14-26)30-24-23(16(2)32-35(21)24)17-5-6-19(36-4)20(8-17)38-25(27)28/h5-9,25,29H,10-14H2,1-4H3. The number of rotatable bonds is 8. The molecule has 5 heterocycles. The minimum atomic E-state index is -2.98. The monoisotopic (exact) mass is 525 g/mol. The van der Waals surface area contributed by atoms with Crippen LogP contribution in [0.25, 0.3) is 16.8 Å². The van der Waals surface area contributed by atoms with E-state index in [9.17, 15) is 8.78 Å². The maximum absolute atomic E-state index is 13.1. The van der Waals surface area contributed by atoms with Gasteiger partial charge in [-0.3, -0.25) is 4.68 Å². The van der Waals surface area contributed by atoms with Crippen molar-refractivity contribution in [1.29, 1.82) is 0 Å². The predicted molar refractivity (Wildman–Crippen MR) is 137 cm³/mol. The second-order valence-corrected chi connectivity index (χ2v) is 10.0. The SMILES string of the molecule is COc1ccc(-c2c(C)nn3c(NCc4cc(C)nn4C)cc(N4CC5(COC5)C4)nc23)cc1OC(F)F. The van der Waals surface area contributed by atoms with Crippen LogP contribution in [0, 0.1) is 19.3 Å². The van der Waals surface area contributed by atoms with Gasteiger partial charge >= 0.3 is 6.61 Å². The summed E-state index contributed by atoms with van der Waals surface area (Å²) in [5.41, 5.74) is 4.88. The molecule has 0 unspecified atom stereocenters. The predicted octanol–water partition coefficient (Wildman–Crippen LogP) is 3.81. The van der Waals surface area contributed by atoms with Crippen LogP contribution in [0.1, 0.15) is 17.1 Å². The molecule has 38 heavy (non-hydrogen) atoms. The molecule has 6 rings (SSSR count). The van der Waals surface area contributed by atoms with Gasteiger partial charge in [0.15, 0.2) is 17.1 Å². The summed E-state index contributed by atoms with van der Waals surface area (Å²) in [7, 11) is 3.33. The van der Waals surface area contributed by atoms with Crippen LogP contribution in [-0.4, -0.2) is 64.4 Å². The van der Waals surface area contributed by atoms with Crippen LogP contribution in [0.2, 0.25) is 0 Å². The van der Waals surface area contributed by atoms with Crippen LogP contribution < -0.4 is 19.7 Å². The molecule has 0 saturated carbocycles. The number of nitrogens with zero attached hydrogens (tertiary/aromatic N) is 6. The molecule has 4 aromatic rings. The Morgan fingerprint density at radius 2 is 1.89 bits per heavy atom. The van der Waals surface area contributed by atoms with Crippen molar-refractivity contribution in [3.8, 4) is 22.6 Å². The third-order valence-electron chi connectivity index (χ3n) is 7.16. The molecule has 1 N–H and O–H groups in total. The molecule has 0 aliphatic carbocycles. The van der Waals surface area contributed by atoms with Gasteiger partial charge in [0.05, 0.1) is 49.4 Å². The maximum atomic E-state index is 13.1. The molecule has 0 atom stereocenters. The van der Waals surface area contributed by atoms with Crippen LogP contribution in [0.5, 0.6) is 11.5 Å². The van der Waals surface area contributed by atoms with E-state index in [1.807, 2.05) is 37.7 Å². The molecule has 0 radical (unpaired) electrons. The van der Waals surface area contributed by atoms with Crippen molar-refractivity contribution in [2.24, 2.45) is 12.5 Å². The minimum Gasteiger partial charge on any atom is -0.493 e. The Hall–Kier alpha value is -3.93. The van der Waals surface area contributed by atoms with Gasteiger partial charge in [0.2, 0.25) is 0 Å². The number of alkyl halides is 2. The van der Waals surface area contributed by atoms with Crippen molar-refractivity contribution < 1.29 is 23.0 Å². The highest BCUT2D eigenvalue weighted by atomic mass is 19.3. The zero-order valence-corrected chi connectivity index (χ0v) is 21.7. The summed E-state index contributed by atoms with van der Waals surface area (Å²) in [5.74, 6) is 1.76. The van der Waals surface area contributed by atoms with E-state index in [0.717, 1.165) is 54.9 Å². The van der Waals surface area contributed by atoms with Gasteiger partial charge in [-0.2, -0.15) is 23.5 Å². The summed E-state index contributed by atoms with van der Waals surface area (Å²) >= 11 is 0. The normalized spacial score (nSPS) is 16.1. The Morgan fingerprint density at radius 3 is 2.53 bits per heavy atom. The zero-order valence-electron chi connectivity index (χ0n) is 21.7. The highest BCUT2D eigenvalue weighted by Crippen LogP contribution is 2.42. The van der Waals surface area contributed by atoms with Gasteiger partial charge in [0.25, 0.3) is 0 Å². The van der Waals surface area contributed by atoms with E-state index in [1.54, 1.807) is 22.7 Å². The number of aryl methyl sites for hydroxylation is 3. The number of aromatic nitrogens is 5. The van der Waals surface area contributed by atoms with Crippen LogP contribution in [0.4, 0.5) is 20.4 Å². The van der Waals surface area contributed by atoms with E-state index in [-0.39, 0.29) is 16.9 Å². The average molecular weight is 526 g/mol. The topological polar surface area (TPSA) is 91.0 Å². The summed E-state index contributed by atoms with van der Waals surface area (Å²) in [6, 6.07) is 8.98. The number of benzene rings is 1. The fraction of sp³-hybridized carbons (Fsp3) is 0.423. The third-order valence-corrected chi connectivity index (χ3v) is 7.16. The molecule has 1 aromatic carbocycles. The molecule has 12 heteroatoms. The van der Waals surface area contributed by atoms with Crippen molar-refractivity contribution in [3.63, 3.8) is 0 Å². The van der Waals surface area contributed by atoms with Crippen LogP contribution >= 0.6 is 0 Å². The number of hydrogen-bond donors (Lipinski definition) is 1. The first-order chi connectivity index (χ1) is 18.2. The van der Waals surface area contributed by atoms with Gasteiger partial charge in [-0.1, -0.05) is 6.07 Å². The van der Waals surface area contributed by atoms with Gasteiger partial charge in [-0.15, -0.1) is 0 Å². The van der Waals surface area contributed by atoms with Crippen molar-refractivity contribution in [3.05, 3.63) is 47.4 Å². The van der Waals surface area contributed by atoms with E-state index in [2.05, 4.69) is 15.3 Å². The first-order valence-corrected chi connectivity index (χ1v) is 12.3. The Kier molecular flexibility index (Phi) is 5.86. The lowest BCUT2D eigenvalue weighted by Gasteiger charge is -2.55. The fourth-order valence-electron chi connectivity index (χ4n) is 5.27. The number of fused-ring (bicyclic) bond motifs is 1. The Balaban J connectivity index is 1.43. The Morgan fingerprint density at radius 1 is 1.11 bits per heavy atom. The van der Waals surface area contributed by atoms with Gasteiger partial charge in [-0.25, -0.2) is 4.98 Å². The highest BCUT2D eigenvalue weighted by Gasteiger charge is 2.49.